The van der Waals surface area contributed by atoms with E-state index in [1.807, 2.05) is 30.3 Å². The fourth-order valence-corrected chi connectivity index (χ4v) is 1.67. The minimum atomic E-state index is 0. The maximum absolute atomic E-state index is 8.95. The molecule has 0 amide bonds. The average Bonchev–Trinajstić information content (AvgIpc) is 2.30. The van der Waals surface area contributed by atoms with Gasteiger partial charge in [0, 0.05) is 0 Å². The highest BCUT2D eigenvalue weighted by atomic mass is 35.5. The Labute approximate surface area is 99.8 Å². The van der Waals surface area contributed by atoms with Crippen molar-refractivity contribution in [2.45, 2.75) is 6.61 Å². The van der Waals surface area contributed by atoms with Gasteiger partial charge in [-0.1, -0.05) is 30.3 Å². The van der Waals surface area contributed by atoms with Gasteiger partial charge < -0.3 is 0 Å². The first-order valence-corrected chi connectivity index (χ1v) is 4.59. The normalized spacial score (nSPS) is 9.50. The Hall–Kier alpha value is -1.60. The largest absolute Gasteiger partial charge is 0.300 e. The van der Waals surface area contributed by atoms with Crippen LogP contribution in [-0.4, -0.2) is 0 Å². The summed E-state index contributed by atoms with van der Waals surface area (Å²) in [7, 11) is 0. The fourth-order valence-electron chi connectivity index (χ4n) is 1.67. The number of halogens is 1. The molecule has 0 atom stereocenters. The summed E-state index contributed by atoms with van der Waals surface area (Å²) in [6.45, 7) is 0.353. The van der Waals surface area contributed by atoms with E-state index in [0.29, 0.717) is 12.2 Å². The summed E-state index contributed by atoms with van der Waals surface area (Å²) in [6, 6.07) is 13.6. The Morgan fingerprint density at radius 1 is 1.12 bits per heavy atom. The number of fused-ring (bicyclic) bond motifs is 1. The molecule has 0 heterocycles. The van der Waals surface area contributed by atoms with Gasteiger partial charge in [-0.25, -0.2) is 5.90 Å². The number of nitrogens with zero attached hydrogens (tertiary/aromatic N) is 1. The predicted molar refractivity (Wildman–Crippen MR) is 64.9 cm³/mol. The minimum absolute atomic E-state index is 0. The van der Waals surface area contributed by atoms with Crippen molar-refractivity contribution < 1.29 is 4.84 Å². The van der Waals surface area contributed by atoms with E-state index >= 15 is 0 Å². The predicted octanol–water partition coefficient (Wildman–Crippen LogP) is 2.52. The maximum Gasteiger partial charge on any atom is 0.0998 e. The van der Waals surface area contributed by atoms with Gasteiger partial charge in [0.05, 0.1) is 18.2 Å². The van der Waals surface area contributed by atoms with Gasteiger partial charge in [-0.3, -0.25) is 4.84 Å². The summed E-state index contributed by atoms with van der Waals surface area (Å²) in [4.78, 5) is 4.63. The third kappa shape index (κ3) is 2.15. The van der Waals surface area contributed by atoms with Gasteiger partial charge in [0.25, 0.3) is 0 Å². The van der Waals surface area contributed by atoms with Crippen molar-refractivity contribution in [2.24, 2.45) is 5.90 Å². The molecule has 0 unspecified atom stereocenters. The van der Waals surface area contributed by atoms with Crippen molar-refractivity contribution in [1.29, 1.82) is 5.26 Å². The van der Waals surface area contributed by atoms with Crippen LogP contribution in [-0.2, 0) is 11.4 Å². The molecule has 0 saturated carbocycles. The van der Waals surface area contributed by atoms with E-state index in [2.05, 4.69) is 10.9 Å². The van der Waals surface area contributed by atoms with Gasteiger partial charge >= 0.3 is 0 Å². The second kappa shape index (κ2) is 5.47. The van der Waals surface area contributed by atoms with Crippen LogP contribution >= 0.6 is 12.4 Å². The fraction of sp³-hybridized carbons (Fsp3) is 0.0833. The smallest absolute Gasteiger partial charge is 0.0998 e. The highest BCUT2D eigenvalue weighted by Crippen LogP contribution is 2.22. The molecule has 0 aromatic heterocycles. The highest BCUT2D eigenvalue weighted by molar-refractivity contribution is 5.90. The van der Waals surface area contributed by atoms with E-state index in [0.717, 1.165) is 16.3 Å². The van der Waals surface area contributed by atoms with Crippen LogP contribution in [0.5, 0.6) is 0 Å². The molecule has 0 saturated heterocycles. The molecule has 0 bridgehead atoms. The third-order valence-corrected chi connectivity index (χ3v) is 2.37. The summed E-state index contributed by atoms with van der Waals surface area (Å²) >= 11 is 0. The first-order valence-electron chi connectivity index (χ1n) is 4.59. The van der Waals surface area contributed by atoms with Crippen molar-refractivity contribution >= 4 is 23.2 Å². The Kier molecular flexibility index (Phi) is 4.27. The van der Waals surface area contributed by atoms with Crippen LogP contribution in [0.1, 0.15) is 11.1 Å². The molecule has 2 aromatic rings. The van der Waals surface area contributed by atoms with Gasteiger partial charge in [-0.05, 0) is 22.4 Å². The van der Waals surface area contributed by atoms with Gasteiger partial charge in [0.15, 0.2) is 0 Å². The van der Waals surface area contributed by atoms with Crippen molar-refractivity contribution in [3.63, 3.8) is 0 Å². The van der Waals surface area contributed by atoms with E-state index in [1.165, 1.54) is 0 Å². The minimum Gasteiger partial charge on any atom is -0.300 e. The molecule has 2 aromatic carbocycles. The van der Waals surface area contributed by atoms with Crippen LogP contribution in [0.4, 0.5) is 0 Å². The molecule has 3 nitrogen and oxygen atoms in total. The molecular formula is C12H11ClN2O. The molecule has 0 aliphatic heterocycles. The van der Waals surface area contributed by atoms with Crippen LogP contribution in [0.2, 0.25) is 0 Å². The van der Waals surface area contributed by atoms with Crippen molar-refractivity contribution in [3.05, 3.63) is 47.5 Å². The van der Waals surface area contributed by atoms with Crippen LogP contribution in [0.25, 0.3) is 10.8 Å². The van der Waals surface area contributed by atoms with Gasteiger partial charge in [-0.2, -0.15) is 5.26 Å². The molecule has 82 valence electrons. The SMILES string of the molecule is Cl.N#Cc1ccc(CON)c2ccccc12. The summed E-state index contributed by atoms with van der Waals surface area (Å²) in [5.41, 5.74) is 1.67. The van der Waals surface area contributed by atoms with E-state index in [9.17, 15) is 0 Å². The highest BCUT2D eigenvalue weighted by Gasteiger charge is 2.04. The third-order valence-electron chi connectivity index (χ3n) is 2.37. The Bertz CT molecular complexity index is 534. The van der Waals surface area contributed by atoms with Crippen LogP contribution in [0, 0.1) is 11.3 Å². The number of nitrogens with two attached hydrogens (primary N) is 1. The number of hydrogen-bond donors (Lipinski definition) is 1. The number of hydrogen-bond acceptors (Lipinski definition) is 3. The second-order valence-electron chi connectivity index (χ2n) is 3.24. The Morgan fingerprint density at radius 3 is 2.44 bits per heavy atom. The van der Waals surface area contributed by atoms with Crippen molar-refractivity contribution in [3.8, 4) is 6.07 Å². The molecule has 4 heteroatoms. The quantitative estimate of drug-likeness (QED) is 0.813. The zero-order valence-electron chi connectivity index (χ0n) is 8.51. The molecule has 2 N–H and O–H groups in total. The molecule has 0 fully saturated rings. The zero-order chi connectivity index (χ0) is 10.7. The second-order valence-corrected chi connectivity index (χ2v) is 3.24. The monoisotopic (exact) mass is 234 g/mol. The number of rotatable bonds is 2. The summed E-state index contributed by atoms with van der Waals surface area (Å²) in [5.74, 6) is 5.06. The molecule has 0 radical (unpaired) electrons. The lowest BCUT2D eigenvalue weighted by Crippen LogP contribution is -1.99. The van der Waals surface area contributed by atoms with E-state index in [1.54, 1.807) is 6.07 Å². The van der Waals surface area contributed by atoms with E-state index in [4.69, 9.17) is 11.2 Å². The van der Waals surface area contributed by atoms with Crippen molar-refractivity contribution in [1.82, 2.24) is 0 Å². The van der Waals surface area contributed by atoms with Crippen LogP contribution < -0.4 is 5.90 Å². The van der Waals surface area contributed by atoms with Gasteiger partial charge in [0.2, 0.25) is 0 Å². The maximum atomic E-state index is 8.95. The lowest BCUT2D eigenvalue weighted by molar-refractivity contribution is 0.125. The Balaban J connectivity index is 0.00000128. The lowest BCUT2D eigenvalue weighted by atomic mass is 10.0. The molecular weight excluding hydrogens is 224 g/mol. The first-order chi connectivity index (χ1) is 7.36. The molecule has 0 aliphatic carbocycles. The van der Waals surface area contributed by atoms with Crippen LogP contribution in [0.3, 0.4) is 0 Å². The molecule has 2 rings (SSSR count). The standard InChI is InChI=1S/C12H10N2O.ClH/c13-7-9-5-6-10(8-15-14)12-4-2-1-3-11(9)12;/h1-6H,8,14H2;1H. The topological polar surface area (TPSA) is 59.0 Å². The van der Waals surface area contributed by atoms with Gasteiger partial charge in [0.1, 0.15) is 0 Å². The van der Waals surface area contributed by atoms with Crippen molar-refractivity contribution in [2.75, 3.05) is 0 Å². The van der Waals surface area contributed by atoms with E-state index in [-0.39, 0.29) is 12.4 Å². The molecule has 16 heavy (non-hydrogen) atoms. The number of benzene rings is 2. The molecule has 0 spiro atoms. The zero-order valence-corrected chi connectivity index (χ0v) is 9.33. The first kappa shape index (κ1) is 12.5. The summed E-state index contributed by atoms with van der Waals surface area (Å²) in [5, 5.41) is 10.9. The Morgan fingerprint density at radius 2 is 1.81 bits per heavy atom. The summed E-state index contributed by atoms with van der Waals surface area (Å²) < 4.78 is 0. The average molecular weight is 235 g/mol. The van der Waals surface area contributed by atoms with Gasteiger partial charge in [-0.15, -0.1) is 12.4 Å². The van der Waals surface area contributed by atoms with E-state index < -0.39 is 0 Å². The summed E-state index contributed by atoms with van der Waals surface area (Å²) in [6.07, 6.45) is 0. The van der Waals surface area contributed by atoms with Crippen LogP contribution in [0.15, 0.2) is 36.4 Å². The lowest BCUT2D eigenvalue weighted by Gasteiger charge is -2.06. The molecule has 0 aliphatic rings. The number of nitriles is 1.